The first-order valence-electron chi connectivity index (χ1n) is 11.7. The summed E-state index contributed by atoms with van der Waals surface area (Å²) in [5, 5.41) is 12.6. The average Bonchev–Trinajstić information content (AvgIpc) is 2.88. The predicted octanol–water partition coefficient (Wildman–Crippen LogP) is 3.28. The quantitative estimate of drug-likeness (QED) is 0.595. The summed E-state index contributed by atoms with van der Waals surface area (Å²) in [5.74, 6) is -1.28. The highest BCUT2D eigenvalue weighted by Crippen LogP contribution is 2.27. The third kappa shape index (κ3) is 9.54. The first-order chi connectivity index (χ1) is 16.7. The van der Waals surface area contributed by atoms with Crippen LogP contribution in [0.1, 0.15) is 43.2 Å². The summed E-state index contributed by atoms with van der Waals surface area (Å²) in [4.78, 5) is 28.7. The van der Waals surface area contributed by atoms with Crippen LogP contribution in [0.15, 0.2) is 42.6 Å². The molecule has 9 nitrogen and oxygen atoms in total. The summed E-state index contributed by atoms with van der Waals surface area (Å²) in [6.45, 7) is 8.73. The van der Waals surface area contributed by atoms with Crippen LogP contribution >= 0.6 is 0 Å². The first kappa shape index (κ1) is 28.1. The number of methoxy groups -OCH3 is 1. The fraction of sp³-hybridized carbons (Fsp3) is 0.500. The van der Waals surface area contributed by atoms with E-state index in [0.717, 1.165) is 0 Å². The minimum atomic E-state index is -1.04. The Kier molecular flexibility index (Phi) is 11.5. The standard InChI is InChI=1S/C19H28N2O7.C7H8/c1-11(2)8-27-13-7-12(3)28-19(24)14(10-26-9-13)21-18(23)16-17(22)15(25-4)5-6-20-16;1-7-5-3-2-4-6-7/h5-6,11-14,22H,7-10H2,1-4H3,(H,21,23);2-6H,1H3/t12?,13?,14-;/m0./s1. The number of hydrogen-bond acceptors (Lipinski definition) is 8. The minimum Gasteiger partial charge on any atom is -0.503 e. The number of amides is 1. The molecule has 2 N–H and O–H groups in total. The number of carbonyl (C=O) groups is 2. The molecule has 2 unspecified atom stereocenters. The van der Waals surface area contributed by atoms with E-state index < -0.39 is 29.8 Å². The van der Waals surface area contributed by atoms with Crippen molar-refractivity contribution in [2.45, 2.75) is 52.4 Å². The van der Waals surface area contributed by atoms with Crippen LogP contribution < -0.4 is 10.1 Å². The van der Waals surface area contributed by atoms with Crippen molar-refractivity contribution in [3.05, 3.63) is 53.9 Å². The molecule has 2 aromatic rings. The molecule has 1 aliphatic heterocycles. The van der Waals surface area contributed by atoms with E-state index in [0.29, 0.717) is 18.9 Å². The number of pyridine rings is 1. The number of aryl methyl sites for hydroxylation is 1. The molecular weight excluding hydrogens is 452 g/mol. The summed E-state index contributed by atoms with van der Waals surface area (Å²) in [7, 11) is 1.36. The van der Waals surface area contributed by atoms with Gasteiger partial charge in [0.05, 0.1) is 26.4 Å². The van der Waals surface area contributed by atoms with E-state index >= 15 is 0 Å². The van der Waals surface area contributed by atoms with Gasteiger partial charge in [-0.2, -0.15) is 0 Å². The molecular formula is C26H36N2O7. The van der Waals surface area contributed by atoms with Crippen LogP contribution in [0.5, 0.6) is 11.5 Å². The minimum absolute atomic E-state index is 0.0798. The number of ether oxygens (including phenoxy) is 4. The van der Waals surface area contributed by atoms with Crippen molar-refractivity contribution in [3.8, 4) is 11.5 Å². The van der Waals surface area contributed by atoms with Gasteiger partial charge in [-0.25, -0.2) is 9.78 Å². The van der Waals surface area contributed by atoms with Gasteiger partial charge in [0.2, 0.25) is 0 Å². The lowest BCUT2D eigenvalue weighted by atomic mass is 10.2. The number of carbonyl (C=O) groups excluding carboxylic acids is 2. The maximum atomic E-state index is 12.5. The van der Waals surface area contributed by atoms with Crippen LogP contribution in [-0.4, -0.2) is 67.1 Å². The molecule has 9 heteroatoms. The monoisotopic (exact) mass is 488 g/mol. The molecule has 1 aromatic carbocycles. The molecule has 1 fully saturated rings. The highest BCUT2D eigenvalue weighted by molar-refractivity contribution is 5.98. The number of nitrogens with one attached hydrogen (secondary N) is 1. The Morgan fingerprint density at radius 1 is 1.23 bits per heavy atom. The third-order valence-corrected chi connectivity index (χ3v) is 5.02. The SMILES string of the molecule is COc1ccnc(C(=O)N[C@H]2COCC(OCC(C)C)CC(C)OC2=O)c1O.Cc1ccccc1. The van der Waals surface area contributed by atoms with Gasteiger partial charge in [0, 0.05) is 25.3 Å². The zero-order valence-corrected chi connectivity index (χ0v) is 21.0. The van der Waals surface area contributed by atoms with Crippen molar-refractivity contribution in [3.63, 3.8) is 0 Å². The summed E-state index contributed by atoms with van der Waals surface area (Å²) in [6.07, 6.45) is 1.22. The largest absolute Gasteiger partial charge is 0.503 e. The van der Waals surface area contributed by atoms with Crippen molar-refractivity contribution in [2.24, 2.45) is 5.92 Å². The van der Waals surface area contributed by atoms with Crippen molar-refractivity contribution in [1.82, 2.24) is 10.3 Å². The molecule has 0 bridgehead atoms. The highest BCUT2D eigenvalue weighted by Gasteiger charge is 2.30. The molecule has 0 radical (unpaired) electrons. The van der Waals surface area contributed by atoms with Crippen molar-refractivity contribution < 1.29 is 33.6 Å². The Morgan fingerprint density at radius 3 is 2.54 bits per heavy atom. The van der Waals surface area contributed by atoms with Crippen molar-refractivity contribution in [1.29, 1.82) is 0 Å². The number of benzene rings is 1. The number of aromatic hydroxyl groups is 1. The molecule has 1 aromatic heterocycles. The van der Waals surface area contributed by atoms with Crippen LogP contribution in [-0.2, 0) is 19.0 Å². The summed E-state index contributed by atoms with van der Waals surface area (Å²) in [5.41, 5.74) is 1.07. The van der Waals surface area contributed by atoms with Gasteiger partial charge in [0.25, 0.3) is 5.91 Å². The molecule has 1 aliphatic rings. The Balaban J connectivity index is 0.000000527. The lowest BCUT2D eigenvalue weighted by Crippen LogP contribution is -2.45. The van der Waals surface area contributed by atoms with E-state index in [4.69, 9.17) is 18.9 Å². The molecule has 2 heterocycles. The third-order valence-electron chi connectivity index (χ3n) is 5.02. The number of esters is 1. The Hall–Kier alpha value is -3.17. The zero-order valence-electron chi connectivity index (χ0n) is 21.0. The van der Waals surface area contributed by atoms with Gasteiger partial charge < -0.3 is 29.4 Å². The van der Waals surface area contributed by atoms with Gasteiger partial charge in [-0.15, -0.1) is 0 Å². The van der Waals surface area contributed by atoms with Gasteiger partial charge in [-0.05, 0) is 19.8 Å². The normalized spacial score (nSPS) is 20.4. The molecule has 192 valence electrons. The Morgan fingerprint density at radius 2 is 1.94 bits per heavy atom. The molecule has 35 heavy (non-hydrogen) atoms. The number of rotatable bonds is 6. The van der Waals surface area contributed by atoms with Gasteiger partial charge in [-0.3, -0.25) is 4.79 Å². The topological polar surface area (TPSA) is 116 Å². The van der Waals surface area contributed by atoms with Gasteiger partial charge >= 0.3 is 5.97 Å². The summed E-state index contributed by atoms with van der Waals surface area (Å²) < 4.78 is 21.8. The molecule has 0 saturated carbocycles. The lowest BCUT2D eigenvalue weighted by molar-refractivity contribution is -0.151. The van der Waals surface area contributed by atoms with E-state index in [-0.39, 0.29) is 30.8 Å². The second-order valence-corrected chi connectivity index (χ2v) is 8.76. The first-order valence-corrected chi connectivity index (χ1v) is 11.7. The Bertz CT molecular complexity index is 937. The fourth-order valence-corrected chi connectivity index (χ4v) is 3.23. The summed E-state index contributed by atoms with van der Waals surface area (Å²) >= 11 is 0. The second kappa shape index (κ2) is 14.3. The average molecular weight is 489 g/mol. The number of cyclic esters (lactones) is 1. The fourth-order valence-electron chi connectivity index (χ4n) is 3.23. The van der Waals surface area contributed by atoms with Crippen LogP contribution in [0.4, 0.5) is 0 Å². The van der Waals surface area contributed by atoms with E-state index in [9.17, 15) is 14.7 Å². The lowest BCUT2D eigenvalue weighted by Gasteiger charge is -2.21. The van der Waals surface area contributed by atoms with Gasteiger partial charge in [0.15, 0.2) is 23.2 Å². The zero-order chi connectivity index (χ0) is 25.8. The van der Waals surface area contributed by atoms with Gasteiger partial charge in [0.1, 0.15) is 6.10 Å². The summed E-state index contributed by atoms with van der Waals surface area (Å²) in [6, 6.07) is 10.6. The van der Waals surface area contributed by atoms with E-state index in [1.807, 2.05) is 32.0 Å². The van der Waals surface area contributed by atoms with Crippen LogP contribution in [0.25, 0.3) is 0 Å². The molecule has 1 amide bonds. The van der Waals surface area contributed by atoms with Crippen molar-refractivity contribution in [2.75, 3.05) is 26.9 Å². The van der Waals surface area contributed by atoms with E-state index in [1.54, 1.807) is 6.92 Å². The van der Waals surface area contributed by atoms with E-state index in [2.05, 4.69) is 29.4 Å². The smallest absolute Gasteiger partial charge is 0.331 e. The number of hydrogen-bond donors (Lipinski definition) is 2. The Labute approximate surface area is 206 Å². The molecule has 0 spiro atoms. The predicted molar refractivity (Wildman–Crippen MR) is 130 cm³/mol. The molecule has 3 rings (SSSR count). The second-order valence-electron chi connectivity index (χ2n) is 8.76. The van der Waals surface area contributed by atoms with Crippen LogP contribution in [0, 0.1) is 12.8 Å². The molecule has 1 saturated heterocycles. The van der Waals surface area contributed by atoms with E-state index in [1.165, 1.54) is 24.9 Å². The van der Waals surface area contributed by atoms with Crippen molar-refractivity contribution >= 4 is 11.9 Å². The van der Waals surface area contributed by atoms with Gasteiger partial charge in [-0.1, -0.05) is 49.7 Å². The maximum Gasteiger partial charge on any atom is 0.331 e. The highest BCUT2D eigenvalue weighted by atomic mass is 16.6. The molecule has 3 atom stereocenters. The van der Waals surface area contributed by atoms with Crippen LogP contribution in [0.3, 0.4) is 0 Å². The maximum absolute atomic E-state index is 12.5. The molecule has 0 aliphatic carbocycles. The number of aromatic nitrogens is 1. The number of nitrogens with zero attached hydrogens (tertiary/aromatic N) is 1. The van der Waals surface area contributed by atoms with Crippen LogP contribution in [0.2, 0.25) is 0 Å².